The van der Waals surface area contributed by atoms with Gasteiger partial charge in [0.25, 0.3) is 5.91 Å². The van der Waals surface area contributed by atoms with Crippen molar-refractivity contribution in [2.24, 2.45) is 0 Å². The minimum atomic E-state index is -0.234. The summed E-state index contributed by atoms with van der Waals surface area (Å²) in [6, 6.07) is 17.2. The zero-order valence-electron chi connectivity index (χ0n) is 16.2. The van der Waals surface area contributed by atoms with Gasteiger partial charge >= 0.3 is 0 Å². The number of rotatable bonds is 6. The van der Waals surface area contributed by atoms with Crippen molar-refractivity contribution in [1.82, 2.24) is 15.3 Å². The molecule has 0 atom stereocenters. The van der Waals surface area contributed by atoms with E-state index in [-0.39, 0.29) is 5.91 Å². The van der Waals surface area contributed by atoms with Crippen LogP contribution >= 0.6 is 11.6 Å². The van der Waals surface area contributed by atoms with Gasteiger partial charge in [-0.1, -0.05) is 35.9 Å². The monoisotopic (exact) mass is 394 g/mol. The third-order valence-electron chi connectivity index (χ3n) is 4.31. The number of carbonyl (C=O) groups excluding carboxylic acids is 1. The number of benzene rings is 2. The summed E-state index contributed by atoms with van der Waals surface area (Å²) in [6.07, 6.45) is 0. The molecule has 6 heteroatoms. The summed E-state index contributed by atoms with van der Waals surface area (Å²) in [4.78, 5) is 23.7. The lowest BCUT2D eigenvalue weighted by Crippen LogP contribution is -2.26. The zero-order valence-corrected chi connectivity index (χ0v) is 17.0. The molecule has 0 unspecified atom stereocenters. The maximum Gasteiger partial charge on any atom is 0.270 e. The standard InChI is InChI=1S/C22H23ClN4O/c1-4-27(19-7-5-6-15(2)12-19)22-25-16(3)13-20(26-22)21(28)24-14-17-8-10-18(23)11-9-17/h5-13H,4,14H2,1-3H3,(H,24,28). The first-order valence-electron chi connectivity index (χ1n) is 9.19. The van der Waals surface area contributed by atoms with Crippen LogP contribution in [0, 0.1) is 13.8 Å². The van der Waals surface area contributed by atoms with Gasteiger partial charge in [-0.05, 0) is 62.2 Å². The third kappa shape index (κ3) is 4.87. The molecule has 0 spiro atoms. The van der Waals surface area contributed by atoms with Crippen molar-refractivity contribution in [1.29, 1.82) is 0 Å². The predicted octanol–water partition coefficient (Wildman–Crippen LogP) is 4.83. The smallest absolute Gasteiger partial charge is 0.270 e. The van der Waals surface area contributed by atoms with Gasteiger partial charge in [-0.2, -0.15) is 0 Å². The molecule has 2 aromatic carbocycles. The molecular weight excluding hydrogens is 372 g/mol. The summed E-state index contributed by atoms with van der Waals surface area (Å²) in [7, 11) is 0. The largest absolute Gasteiger partial charge is 0.347 e. The molecule has 1 heterocycles. The van der Waals surface area contributed by atoms with Crippen molar-refractivity contribution >= 4 is 29.1 Å². The van der Waals surface area contributed by atoms with Gasteiger partial charge in [-0.3, -0.25) is 4.79 Å². The van der Waals surface area contributed by atoms with Crippen LogP contribution in [0.15, 0.2) is 54.6 Å². The van der Waals surface area contributed by atoms with E-state index in [4.69, 9.17) is 11.6 Å². The van der Waals surface area contributed by atoms with Gasteiger partial charge in [0.05, 0.1) is 0 Å². The van der Waals surface area contributed by atoms with Crippen molar-refractivity contribution in [3.05, 3.63) is 82.1 Å². The first-order chi connectivity index (χ1) is 13.5. The predicted molar refractivity (Wildman–Crippen MR) is 113 cm³/mol. The van der Waals surface area contributed by atoms with Crippen molar-refractivity contribution < 1.29 is 4.79 Å². The number of aromatic nitrogens is 2. The number of hydrogen-bond acceptors (Lipinski definition) is 4. The van der Waals surface area contributed by atoms with Gasteiger partial charge in [0.2, 0.25) is 5.95 Å². The van der Waals surface area contributed by atoms with Crippen LogP contribution in [0.2, 0.25) is 5.02 Å². The van der Waals surface area contributed by atoms with E-state index < -0.39 is 0 Å². The zero-order chi connectivity index (χ0) is 20.1. The highest BCUT2D eigenvalue weighted by atomic mass is 35.5. The average molecular weight is 395 g/mol. The minimum Gasteiger partial charge on any atom is -0.347 e. The van der Waals surface area contributed by atoms with Crippen molar-refractivity contribution in [2.75, 3.05) is 11.4 Å². The highest BCUT2D eigenvalue weighted by molar-refractivity contribution is 6.30. The molecule has 0 radical (unpaired) electrons. The van der Waals surface area contributed by atoms with Crippen LogP contribution in [0.25, 0.3) is 0 Å². The summed E-state index contributed by atoms with van der Waals surface area (Å²) in [5.74, 6) is 0.284. The second-order valence-corrected chi connectivity index (χ2v) is 7.02. The van der Waals surface area contributed by atoms with Crippen molar-refractivity contribution in [3.63, 3.8) is 0 Å². The topological polar surface area (TPSA) is 58.1 Å². The van der Waals surface area contributed by atoms with Crippen LogP contribution in [0.3, 0.4) is 0 Å². The number of amides is 1. The summed E-state index contributed by atoms with van der Waals surface area (Å²) >= 11 is 5.90. The molecule has 0 fully saturated rings. The number of halogens is 1. The summed E-state index contributed by atoms with van der Waals surface area (Å²) in [6.45, 7) is 7.05. The Bertz CT molecular complexity index is 973. The number of hydrogen-bond donors (Lipinski definition) is 1. The van der Waals surface area contributed by atoms with E-state index in [9.17, 15) is 4.79 Å². The van der Waals surface area contributed by atoms with Gasteiger partial charge < -0.3 is 10.2 Å². The molecule has 144 valence electrons. The van der Waals surface area contributed by atoms with Crippen LogP contribution in [-0.2, 0) is 6.54 Å². The molecule has 0 bridgehead atoms. The highest BCUT2D eigenvalue weighted by Gasteiger charge is 2.15. The Hall–Kier alpha value is -2.92. The van der Waals surface area contributed by atoms with Crippen LogP contribution in [0.1, 0.15) is 34.2 Å². The van der Waals surface area contributed by atoms with Crippen molar-refractivity contribution in [2.45, 2.75) is 27.3 Å². The first kappa shape index (κ1) is 19.8. The Labute approximate surface area is 170 Å². The first-order valence-corrected chi connectivity index (χ1v) is 9.56. The Morgan fingerprint density at radius 2 is 1.82 bits per heavy atom. The number of aryl methyl sites for hydroxylation is 2. The van der Waals surface area contributed by atoms with Gasteiger partial charge in [0.1, 0.15) is 5.69 Å². The molecule has 5 nitrogen and oxygen atoms in total. The maximum atomic E-state index is 12.6. The van der Waals surface area contributed by atoms with Crippen LogP contribution in [0.5, 0.6) is 0 Å². The van der Waals surface area contributed by atoms with E-state index in [0.29, 0.717) is 29.8 Å². The number of nitrogens with zero attached hydrogens (tertiary/aromatic N) is 3. The van der Waals surface area contributed by atoms with Crippen LogP contribution < -0.4 is 10.2 Å². The second kappa shape index (κ2) is 8.85. The molecule has 0 saturated heterocycles. The van der Waals surface area contributed by atoms with Gasteiger partial charge in [0.15, 0.2) is 0 Å². The maximum absolute atomic E-state index is 12.6. The number of carbonyl (C=O) groups is 1. The SMILES string of the molecule is CCN(c1cccc(C)c1)c1nc(C)cc(C(=O)NCc2ccc(Cl)cc2)n1. The summed E-state index contributed by atoms with van der Waals surface area (Å²) < 4.78 is 0. The molecule has 1 amide bonds. The molecule has 1 N–H and O–H groups in total. The highest BCUT2D eigenvalue weighted by Crippen LogP contribution is 2.23. The normalized spacial score (nSPS) is 10.6. The number of nitrogens with one attached hydrogen (secondary N) is 1. The van der Waals surface area contributed by atoms with Crippen LogP contribution in [-0.4, -0.2) is 22.4 Å². The lowest BCUT2D eigenvalue weighted by atomic mass is 10.2. The average Bonchev–Trinajstić information content (AvgIpc) is 2.67. The lowest BCUT2D eigenvalue weighted by Gasteiger charge is -2.22. The van der Waals surface area contributed by atoms with E-state index in [1.807, 2.05) is 56.0 Å². The fraction of sp³-hybridized carbons (Fsp3) is 0.227. The Balaban J connectivity index is 1.81. The molecule has 0 aliphatic rings. The lowest BCUT2D eigenvalue weighted by molar-refractivity contribution is 0.0945. The van der Waals surface area contributed by atoms with Crippen molar-refractivity contribution in [3.8, 4) is 0 Å². The molecule has 3 rings (SSSR count). The minimum absolute atomic E-state index is 0.234. The van der Waals surface area contributed by atoms with Gasteiger partial charge in [-0.25, -0.2) is 9.97 Å². The molecule has 0 saturated carbocycles. The molecular formula is C22H23ClN4O. The van der Waals surface area contributed by atoms with E-state index in [1.54, 1.807) is 18.2 Å². The molecule has 3 aromatic rings. The van der Waals surface area contributed by atoms with Crippen LogP contribution in [0.4, 0.5) is 11.6 Å². The fourth-order valence-corrected chi connectivity index (χ4v) is 3.03. The van der Waals surface area contributed by atoms with Gasteiger partial charge in [-0.15, -0.1) is 0 Å². The van der Waals surface area contributed by atoms with Gasteiger partial charge in [0, 0.05) is 29.5 Å². The van der Waals surface area contributed by atoms with E-state index in [2.05, 4.69) is 21.4 Å². The van der Waals surface area contributed by atoms with E-state index >= 15 is 0 Å². The molecule has 0 aliphatic carbocycles. The summed E-state index contributed by atoms with van der Waals surface area (Å²) in [5.41, 5.74) is 4.22. The summed E-state index contributed by atoms with van der Waals surface area (Å²) in [5, 5.41) is 3.57. The fourth-order valence-electron chi connectivity index (χ4n) is 2.90. The Morgan fingerprint density at radius 3 is 2.50 bits per heavy atom. The molecule has 0 aliphatic heterocycles. The quantitative estimate of drug-likeness (QED) is 0.650. The van der Waals surface area contributed by atoms with E-state index in [1.165, 1.54) is 0 Å². The second-order valence-electron chi connectivity index (χ2n) is 6.59. The number of anilines is 2. The Morgan fingerprint density at radius 1 is 1.07 bits per heavy atom. The Kier molecular flexibility index (Phi) is 6.26. The third-order valence-corrected chi connectivity index (χ3v) is 4.56. The molecule has 1 aromatic heterocycles. The van der Waals surface area contributed by atoms with E-state index in [0.717, 1.165) is 22.5 Å². The molecule has 28 heavy (non-hydrogen) atoms.